The molecule has 204 valence electrons. The first-order valence-electron chi connectivity index (χ1n) is 12.7. The summed E-state index contributed by atoms with van der Waals surface area (Å²) in [5, 5.41) is 3.81. The van der Waals surface area contributed by atoms with Crippen molar-refractivity contribution < 1.29 is 22.6 Å². The van der Waals surface area contributed by atoms with E-state index in [1.54, 1.807) is 46.6 Å². The maximum absolute atomic E-state index is 13.8. The number of aromatic nitrogens is 1. The number of hydrogen-bond acceptors (Lipinski definition) is 4. The monoisotopic (exact) mass is 565 g/mol. The van der Waals surface area contributed by atoms with Gasteiger partial charge in [-0.05, 0) is 59.7 Å². The Bertz CT molecular complexity index is 2010. The molecule has 7 nitrogen and oxygen atoms in total. The highest BCUT2D eigenvalue weighted by atomic mass is 32.2. The van der Waals surface area contributed by atoms with E-state index in [0.717, 1.165) is 5.56 Å². The van der Waals surface area contributed by atoms with Crippen LogP contribution in [0.2, 0.25) is 0 Å². The normalized spacial score (nSPS) is 12.1. The van der Waals surface area contributed by atoms with Gasteiger partial charge in [-0.15, -0.1) is 0 Å². The number of fused-ring (bicyclic) bond motifs is 3. The summed E-state index contributed by atoms with van der Waals surface area (Å²) in [5.74, 6) is -1.12. The van der Waals surface area contributed by atoms with Crippen molar-refractivity contribution in [2.75, 3.05) is 13.3 Å². The molecule has 4 aromatic carbocycles. The molecule has 41 heavy (non-hydrogen) atoms. The third-order valence-electron chi connectivity index (χ3n) is 7.04. The van der Waals surface area contributed by atoms with Gasteiger partial charge in [0.15, 0.2) is 0 Å². The molecule has 0 radical (unpaired) electrons. The Labute approximate surface area is 237 Å². The molecule has 0 saturated heterocycles. The summed E-state index contributed by atoms with van der Waals surface area (Å²) in [7, 11) is 0.0127. The van der Waals surface area contributed by atoms with Crippen LogP contribution in [-0.2, 0) is 11.0 Å². The molecule has 2 amide bonds. The molecule has 3 N–H and O–H groups in total. The zero-order valence-corrected chi connectivity index (χ0v) is 22.9. The molecular formula is C32H24FN3O4S. The van der Waals surface area contributed by atoms with Crippen LogP contribution in [0.1, 0.15) is 20.7 Å². The SMILES string of the molecule is CNC(=O)c1c(-c2ccc(F)cc2)oc2c1cc(-c1cccc(C(N)=O)c1)c1c2cc(-c2ccccc2)n1S(C)=O. The number of hydrogen-bond donors (Lipinski definition) is 2. The summed E-state index contributed by atoms with van der Waals surface area (Å²) in [4.78, 5) is 25.4. The Morgan fingerprint density at radius 1 is 0.878 bits per heavy atom. The molecule has 0 aliphatic heterocycles. The number of halogens is 1. The fourth-order valence-electron chi connectivity index (χ4n) is 5.21. The third kappa shape index (κ3) is 4.40. The molecule has 0 bridgehead atoms. The van der Waals surface area contributed by atoms with Gasteiger partial charge < -0.3 is 15.5 Å². The molecule has 2 heterocycles. The Morgan fingerprint density at radius 2 is 1.59 bits per heavy atom. The van der Waals surface area contributed by atoms with E-state index in [-0.39, 0.29) is 17.2 Å². The van der Waals surface area contributed by atoms with E-state index in [2.05, 4.69) is 5.32 Å². The van der Waals surface area contributed by atoms with Crippen LogP contribution in [0.3, 0.4) is 0 Å². The molecule has 2 aromatic heterocycles. The van der Waals surface area contributed by atoms with Gasteiger partial charge in [0.2, 0.25) is 5.91 Å². The molecule has 1 unspecified atom stereocenters. The van der Waals surface area contributed by atoms with Gasteiger partial charge in [-0.3, -0.25) is 13.6 Å². The highest BCUT2D eigenvalue weighted by Crippen LogP contribution is 2.44. The maximum Gasteiger partial charge on any atom is 0.255 e. The second-order valence-electron chi connectivity index (χ2n) is 9.51. The van der Waals surface area contributed by atoms with Crippen LogP contribution in [0.15, 0.2) is 95.4 Å². The number of rotatable bonds is 6. The highest BCUT2D eigenvalue weighted by molar-refractivity contribution is 7.83. The standard InChI is InChI=1S/C32H24FN3O4S/c1-35-32(38)27-24-16-23(20-9-6-10-21(15-20)31(34)37)28-25(30(24)40-29(27)19-11-13-22(33)14-12-19)17-26(36(28)41(2)39)18-7-4-3-5-8-18/h3-17H,1-2H3,(H2,34,37)(H,35,38). The van der Waals surface area contributed by atoms with Crippen LogP contribution >= 0.6 is 0 Å². The summed E-state index contributed by atoms with van der Waals surface area (Å²) in [6.45, 7) is 0. The van der Waals surface area contributed by atoms with Crippen LogP contribution in [0.5, 0.6) is 0 Å². The van der Waals surface area contributed by atoms with E-state index in [9.17, 15) is 18.2 Å². The number of nitrogens with one attached hydrogen (secondary N) is 1. The second kappa shape index (κ2) is 10.2. The lowest BCUT2D eigenvalue weighted by molar-refractivity contribution is 0.0963. The molecule has 0 fully saturated rings. The van der Waals surface area contributed by atoms with Gasteiger partial charge in [0.05, 0.1) is 16.8 Å². The number of carbonyl (C=O) groups excluding carboxylic acids is 2. The fraction of sp³-hybridized carbons (Fsp3) is 0.0625. The van der Waals surface area contributed by atoms with Gasteiger partial charge in [0, 0.05) is 40.8 Å². The summed E-state index contributed by atoms with van der Waals surface area (Å²) >= 11 is 0. The highest BCUT2D eigenvalue weighted by Gasteiger charge is 2.28. The zero-order valence-electron chi connectivity index (χ0n) is 22.1. The summed E-state index contributed by atoms with van der Waals surface area (Å²) in [5.41, 5.74) is 10.5. The van der Waals surface area contributed by atoms with Gasteiger partial charge >= 0.3 is 0 Å². The van der Waals surface area contributed by atoms with Crippen LogP contribution in [0.4, 0.5) is 4.39 Å². The lowest BCUT2D eigenvalue weighted by atomic mass is 9.96. The van der Waals surface area contributed by atoms with Gasteiger partial charge in [-0.2, -0.15) is 0 Å². The largest absolute Gasteiger partial charge is 0.454 e. The zero-order chi connectivity index (χ0) is 28.8. The average Bonchev–Trinajstić information content (AvgIpc) is 3.57. The van der Waals surface area contributed by atoms with Crippen molar-refractivity contribution in [3.63, 3.8) is 0 Å². The van der Waals surface area contributed by atoms with Crippen molar-refractivity contribution in [3.8, 4) is 33.7 Å². The van der Waals surface area contributed by atoms with E-state index >= 15 is 0 Å². The van der Waals surface area contributed by atoms with Crippen molar-refractivity contribution in [1.29, 1.82) is 0 Å². The number of amides is 2. The number of carbonyl (C=O) groups is 2. The number of primary amides is 1. The average molecular weight is 566 g/mol. The van der Waals surface area contributed by atoms with Crippen molar-refractivity contribution in [2.45, 2.75) is 0 Å². The van der Waals surface area contributed by atoms with E-state index in [1.807, 2.05) is 42.5 Å². The second-order valence-corrected chi connectivity index (χ2v) is 10.7. The van der Waals surface area contributed by atoms with Crippen LogP contribution in [0.25, 0.3) is 55.6 Å². The topological polar surface area (TPSA) is 107 Å². The molecule has 1 atom stereocenters. The first-order valence-corrected chi connectivity index (χ1v) is 14.2. The Hall–Kier alpha value is -5.02. The summed E-state index contributed by atoms with van der Waals surface area (Å²) < 4.78 is 35.3. The molecule has 0 aliphatic carbocycles. The lowest BCUT2D eigenvalue weighted by Gasteiger charge is -2.12. The lowest BCUT2D eigenvalue weighted by Crippen LogP contribution is -2.18. The molecule has 9 heteroatoms. The van der Waals surface area contributed by atoms with Gasteiger partial charge in [-0.1, -0.05) is 42.5 Å². The minimum Gasteiger partial charge on any atom is -0.454 e. The Kier molecular flexibility index (Phi) is 6.51. The van der Waals surface area contributed by atoms with Gasteiger partial charge in [-0.25, -0.2) is 8.60 Å². The molecule has 0 spiro atoms. The predicted molar refractivity (Wildman–Crippen MR) is 159 cm³/mol. The minimum atomic E-state index is -1.51. The summed E-state index contributed by atoms with van der Waals surface area (Å²) in [6, 6.07) is 25.8. The van der Waals surface area contributed by atoms with E-state index in [4.69, 9.17) is 10.2 Å². The maximum atomic E-state index is 13.8. The first-order chi connectivity index (χ1) is 19.8. The number of benzene rings is 4. The van der Waals surface area contributed by atoms with E-state index in [0.29, 0.717) is 49.8 Å². The van der Waals surface area contributed by atoms with Crippen LogP contribution < -0.4 is 11.1 Å². The summed E-state index contributed by atoms with van der Waals surface area (Å²) in [6.07, 6.45) is 1.59. The van der Waals surface area contributed by atoms with Gasteiger partial charge in [0.25, 0.3) is 5.91 Å². The van der Waals surface area contributed by atoms with Crippen molar-refractivity contribution in [1.82, 2.24) is 9.29 Å². The Balaban J connectivity index is 1.81. The molecule has 0 saturated carbocycles. The smallest absolute Gasteiger partial charge is 0.255 e. The third-order valence-corrected chi connectivity index (χ3v) is 7.93. The van der Waals surface area contributed by atoms with E-state index in [1.165, 1.54) is 19.2 Å². The number of furan rings is 1. The van der Waals surface area contributed by atoms with Gasteiger partial charge in [0.1, 0.15) is 28.1 Å². The molecular weight excluding hydrogens is 541 g/mol. The number of nitrogens with zero attached hydrogens (tertiary/aromatic N) is 1. The quantitative estimate of drug-likeness (QED) is 0.253. The molecule has 6 aromatic rings. The van der Waals surface area contributed by atoms with E-state index < -0.39 is 22.7 Å². The number of nitrogens with two attached hydrogens (primary N) is 1. The minimum absolute atomic E-state index is 0.273. The van der Waals surface area contributed by atoms with Crippen molar-refractivity contribution >= 4 is 44.7 Å². The van der Waals surface area contributed by atoms with Crippen LogP contribution in [0, 0.1) is 5.82 Å². The molecule has 0 aliphatic rings. The van der Waals surface area contributed by atoms with Crippen molar-refractivity contribution in [3.05, 3.63) is 108 Å². The van der Waals surface area contributed by atoms with Crippen LogP contribution in [-0.4, -0.2) is 33.3 Å². The Morgan fingerprint density at radius 3 is 2.24 bits per heavy atom. The first kappa shape index (κ1) is 26.2. The predicted octanol–water partition coefficient (Wildman–Crippen LogP) is 6.13. The van der Waals surface area contributed by atoms with Crippen molar-refractivity contribution in [2.24, 2.45) is 5.73 Å². The molecule has 6 rings (SSSR count). The fourth-order valence-corrected chi connectivity index (χ4v) is 6.10.